The zero-order valence-electron chi connectivity index (χ0n) is 12.4. The summed E-state index contributed by atoms with van der Waals surface area (Å²) in [4.78, 5) is 12.4. The minimum Gasteiger partial charge on any atom is -0.384 e. The molecule has 1 aliphatic carbocycles. The molecule has 1 aromatic rings. The van der Waals surface area contributed by atoms with Crippen molar-refractivity contribution in [3.8, 4) is 11.8 Å². The van der Waals surface area contributed by atoms with Crippen molar-refractivity contribution in [1.82, 2.24) is 5.32 Å². The first-order chi connectivity index (χ1) is 9.94. The highest BCUT2D eigenvalue weighted by Crippen LogP contribution is 2.37. The van der Waals surface area contributed by atoms with Crippen molar-refractivity contribution in [3.05, 3.63) is 35.1 Å². The number of halogens is 1. The molecule has 0 aromatic heterocycles. The molecule has 0 radical (unpaired) electrons. The van der Waals surface area contributed by atoms with Crippen LogP contribution in [0.1, 0.15) is 49.0 Å². The molecule has 0 heterocycles. The molecule has 0 bridgehead atoms. The summed E-state index contributed by atoms with van der Waals surface area (Å²) < 4.78 is 13.3. The number of amides is 1. The van der Waals surface area contributed by atoms with E-state index in [1.165, 1.54) is 18.2 Å². The third-order valence-corrected chi connectivity index (χ3v) is 4.09. The number of aliphatic hydroxyl groups is 1. The number of rotatable bonds is 2. The third-order valence-electron chi connectivity index (χ3n) is 4.09. The molecule has 0 aliphatic heterocycles. The predicted octanol–water partition coefficient (Wildman–Crippen LogP) is 2.48. The van der Waals surface area contributed by atoms with E-state index >= 15 is 0 Å². The van der Waals surface area contributed by atoms with Crippen LogP contribution in [-0.2, 0) is 0 Å². The van der Waals surface area contributed by atoms with Crippen LogP contribution in [-0.4, -0.2) is 23.7 Å². The van der Waals surface area contributed by atoms with Gasteiger partial charge in [-0.2, -0.15) is 0 Å². The van der Waals surface area contributed by atoms with Crippen LogP contribution in [0.2, 0.25) is 0 Å². The maximum Gasteiger partial charge on any atom is 0.252 e. The van der Waals surface area contributed by atoms with Crippen molar-refractivity contribution in [2.24, 2.45) is 5.41 Å². The van der Waals surface area contributed by atoms with E-state index < -0.39 is 5.82 Å². The molecule has 0 saturated heterocycles. The van der Waals surface area contributed by atoms with Gasteiger partial charge in [0.15, 0.2) is 0 Å². The van der Waals surface area contributed by atoms with Crippen LogP contribution in [0.25, 0.3) is 0 Å². The third kappa shape index (κ3) is 3.62. The van der Waals surface area contributed by atoms with E-state index in [0.29, 0.717) is 11.1 Å². The maximum absolute atomic E-state index is 13.3. The van der Waals surface area contributed by atoms with Gasteiger partial charge in [-0.1, -0.05) is 32.1 Å². The number of benzene rings is 1. The molecule has 1 aromatic carbocycles. The van der Waals surface area contributed by atoms with Gasteiger partial charge in [0.1, 0.15) is 12.4 Å². The number of aliphatic hydroxyl groups excluding tert-OH is 1. The fraction of sp³-hybridized carbons (Fsp3) is 0.471. The van der Waals surface area contributed by atoms with Crippen molar-refractivity contribution in [1.29, 1.82) is 0 Å². The van der Waals surface area contributed by atoms with Gasteiger partial charge in [0.05, 0.1) is 5.56 Å². The first-order valence-electron chi connectivity index (χ1n) is 7.14. The molecule has 21 heavy (non-hydrogen) atoms. The van der Waals surface area contributed by atoms with Gasteiger partial charge in [0.25, 0.3) is 5.91 Å². The number of hydrogen-bond acceptors (Lipinski definition) is 2. The van der Waals surface area contributed by atoms with Crippen LogP contribution < -0.4 is 5.32 Å². The molecule has 3 nitrogen and oxygen atoms in total. The Labute approximate surface area is 124 Å². The van der Waals surface area contributed by atoms with Gasteiger partial charge in [-0.15, -0.1) is 0 Å². The second kappa shape index (κ2) is 6.28. The Hall–Kier alpha value is -1.86. The zero-order chi connectivity index (χ0) is 15.5. The Morgan fingerprint density at radius 3 is 2.90 bits per heavy atom. The largest absolute Gasteiger partial charge is 0.384 e. The van der Waals surface area contributed by atoms with Crippen LogP contribution >= 0.6 is 0 Å². The summed E-state index contributed by atoms with van der Waals surface area (Å²) in [6, 6.07) is 4.03. The molecule has 2 N–H and O–H groups in total. The Bertz CT molecular complexity index is 599. The number of carbonyl (C=O) groups excluding carboxylic acids is 1. The van der Waals surface area contributed by atoms with Crippen LogP contribution in [0.5, 0.6) is 0 Å². The van der Waals surface area contributed by atoms with E-state index in [2.05, 4.69) is 31.0 Å². The monoisotopic (exact) mass is 289 g/mol. The van der Waals surface area contributed by atoms with E-state index in [-0.39, 0.29) is 24.0 Å². The van der Waals surface area contributed by atoms with Crippen molar-refractivity contribution < 1.29 is 14.3 Å². The molecule has 1 unspecified atom stereocenters. The van der Waals surface area contributed by atoms with E-state index in [1.807, 2.05) is 0 Å². The lowest BCUT2D eigenvalue weighted by Gasteiger charge is -2.28. The second-order valence-electron chi connectivity index (χ2n) is 6.06. The van der Waals surface area contributed by atoms with Crippen molar-refractivity contribution >= 4 is 5.91 Å². The van der Waals surface area contributed by atoms with E-state index in [0.717, 1.165) is 19.3 Å². The molecule has 1 atom stereocenters. The van der Waals surface area contributed by atoms with Crippen LogP contribution in [0, 0.1) is 23.1 Å². The highest BCUT2D eigenvalue weighted by atomic mass is 19.1. The van der Waals surface area contributed by atoms with E-state index in [9.17, 15) is 9.18 Å². The summed E-state index contributed by atoms with van der Waals surface area (Å²) >= 11 is 0. The first kappa shape index (κ1) is 15.5. The summed E-state index contributed by atoms with van der Waals surface area (Å²) in [5, 5.41) is 11.8. The number of nitrogens with one attached hydrogen (secondary N) is 1. The number of hydrogen-bond donors (Lipinski definition) is 2. The van der Waals surface area contributed by atoms with E-state index in [1.54, 1.807) is 0 Å². The van der Waals surface area contributed by atoms with Crippen LogP contribution in [0.3, 0.4) is 0 Å². The molecular formula is C17H20FNO2. The normalized spacial score (nSPS) is 19.7. The summed E-state index contributed by atoms with van der Waals surface area (Å²) in [7, 11) is 0. The highest BCUT2D eigenvalue weighted by molar-refractivity contribution is 5.97. The smallest absolute Gasteiger partial charge is 0.252 e. The lowest BCUT2D eigenvalue weighted by Crippen LogP contribution is -2.41. The quantitative estimate of drug-likeness (QED) is 0.822. The summed E-state index contributed by atoms with van der Waals surface area (Å²) in [6.45, 7) is 3.96. The molecule has 0 spiro atoms. The second-order valence-corrected chi connectivity index (χ2v) is 6.06. The number of carbonyl (C=O) groups is 1. The molecule has 1 aliphatic rings. The minimum atomic E-state index is -0.449. The molecule has 112 valence electrons. The van der Waals surface area contributed by atoms with Gasteiger partial charge in [-0.3, -0.25) is 4.79 Å². The fourth-order valence-corrected chi connectivity index (χ4v) is 2.78. The van der Waals surface area contributed by atoms with Gasteiger partial charge in [-0.25, -0.2) is 4.39 Å². The van der Waals surface area contributed by atoms with Gasteiger partial charge < -0.3 is 10.4 Å². The summed E-state index contributed by atoms with van der Waals surface area (Å²) in [6.07, 6.45) is 3.13. The average molecular weight is 289 g/mol. The van der Waals surface area contributed by atoms with Crippen molar-refractivity contribution in [2.45, 2.75) is 39.2 Å². The fourth-order valence-electron chi connectivity index (χ4n) is 2.78. The Kier molecular flexibility index (Phi) is 4.64. The average Bonchev–Trinajstić information content (AvgIpc) is 2.75. The Morgan fingerprint density at radius 1 is 1.52 bits per heavy atom. The molecule has 2 rings (SSSR count). The summed E-state index contributed by atoms with van der Waals surface area (Å²) in [5.74, 6) is 4.40. The van der Waals surface area contributed by atoms with Gasteiger partial charge >= 0.3 is 0 Å². The molecule has 1 saturated carbocycles. The maximum atomic E-state index is 13.3. The van der Waals surface area contributed by atoms with Crippen LogP contribution in [0.4, 0.5) is 4.39 Å². The topological polar surface area (TPSA) is 49.3 Å². The van der Waals surface area contributed by atoms with Crippen molar-refractivity contribution in [2.75, 3.05) is 6.61 Å². The molecular weight excluding hydrogens is 269 g/mol. The van der Waals surface area contributed by atoms with Gasteiger partial charge in [0.2, 0.25) is 0 Å². The zero-order valence-corrected chi connectivity index (χ0v) is 12.4. The minimum absolute atomic E-state index is 0.0760. The lowest BCUT2D eigenvalue weighted by molar-refractivity contribution is 0.0909. The lowest BCUT2D eigenvalue weighted by atomic mass is 9.87. The van der Waals surface area contributed by atoms with Crippen molar-refractivity contribution in [3.63, 3.8) is 0 Å². The summed E-state index contributed by atoms with van der Waals surface area (Å²) in [5.41, 5.74) is 0.726. The van der Waals surface area contributed by atoms with Gasteiger partial charge in [-0.05, 0) is 36.5 Å². The van der Waals surface area contributed by atoms with E-state index in [4.69, 9.17) is 5.11 Å². The van der Waals surface area contributed by atoms with Crippen LogP contribution in [0.15, 0.2) is 18.2 Å². The standard InChI is InChI=1S/C17H20FNO2/c1-17(2)9-3-6-15(17)19-16(21)14-8-7-13(18)11-12(14)5-4-10-20/h7-8,11,15,20H,3,6,9-10H2,1-2H3,(H,19,21). The molecule has 1 amide bonds. The first-order valence-corrected chi connectivity index (χ1v) is 7.14. The predicted molar refractivity (Wildman–Crippen MR) is 79.3 cm³/mol. The Balaban J connectivity index is 2.23. The Morgan fingerprint density at radius 2 is 2.29 bits per heavy atom. The molecule has 1 fully saturated rings. The highest BCUT2D eigenvalue weighted by Gasteiger charge is 2.35. The van der Waals surface area contributed by atoms with Gasteiger partial charge in [0, 0.05) is 11.6 Å². The molecule has 4 heteroatoms. The SMILES string of the molecule is CC1(C)CCCC1NC(=O)c1ccc(F)cc1C#CCO.